The van der Waals surface area contributed by atoms with E-state index in [4.69, 9.17) is 11.5 Å². The summed E-state index contributed by atoms with van der Waals surface area (Å²) in [5.41, 5.74) is 15.7. The zero-order valence-corrected chi connectivity index (χ0v) is 7.72. The third-order valence-electron chi connectivity index (χ3n) is 2.14. The van der Waals surface area contributed by atoms with Crippen LogP contribution in [0, 0.1) is 0 Å². The van der Waals surface area contributed by atoms with Gasteiger partial charge in [-0.3, -0.25) is 0 Å². The summed E-state index contributed by atoms with van der Waals surface area (Å²) in [6.07, 6.45) is 1.90. The molecule has 0 bridgehead atoms. The molecule has 0 heterocycles. The maximum absolute atomic E-state index is 5.92. The summed E-state index contributed by atoms with van der Waals surface area (Å²) in [6.45, 7) is 4.18. The lowest BCUT2D eigenvalue weighted by atomic mass is 10.0. The lowest BCUT2D eigenvalue weighted by molar-refractivity contribution is 1.10. The van der Waals surface area contributed by atoms with E-state index in [0.717, 1.165) is 35.3 Å². The van der Waals surface area contributed by atoms with E-state index < -0.39 is 0 Å². The van der Waals surface area contributed by atoms with Crippen molar-refractivity contribution in [1.82, 2.24) is 0 Å². The fourth-order valence-electron chi connectivity index (χ4n) is 1.39. The fourth-order valence-corrected chi connectivity index (χ4v) is 1.39. The molecule has 1 aromatic rings. The van der Waals surface area contributed by atoms with E-state index in [1.807, 2.05) is 12.1 Å². The number of benzene rings is 1. The summed E-state index contributed by atoms with van der Waals surface area (Å²) in [6, 6.07) is 3.91. The summed E-state index contributed by atoms with van der Waals surface area (Å²) in [5, 5.41) is 0. The summed E-state index contributed by atoms with van der Waals surface area (Å²) in [4.78, 5) is 0. The second-order valence-corrected chi connectivity index (χ2v) is 2.96. The van der Waals surface area contributed by atoms with Crippen molar-refractivity contribution in [3.8, 4) is 0 Å². The number of aryl methyl sites for hydroxylation is 2. The van der Waals surface area contributed by atoms with Crippen LogP contribution in [0.4, 0.5) is 11.4 Å². The Bertz CT molecular complexity index is 254. The fraction of sp³-hybridized carbons (Fsp3) is 0.400. The van der Waals surface area contributed by atoms with Gasteiger partial charge in [0, 0.05) is 11.4 Å². The van der Waals surface area contributed by atoms with Crippen molar-refractivity contribution in [3.63, 3.8) is 0 Å². The SMILES string of the molecule is CCc1cc(N)cc(CC)c1N. The number of nitrogens with two attached hydrogens (primary N) is 2. The van der Waals surface area contributed by atoms with Gasteiger partial charge >= 0.3 is 0 Å². The van der Waals surface area contributed by atoms with E-state index in [9.17, 15) is 0 Å². The van der Waals surface area contributed by atoms with Crippen LogP contribution in [-0.4, -0.2) is 0 Å². The van der Waals surface area contributed by atoms with Crippen LogP contribution in [0.15, 0.2) is 12.1 Å². The molecule has 2 heteroatoms. The van der Waals surface area contributed by atoms with Gasteiger partial charge in [0.05, 0.1) is 0 Å². The van der Waals surface area contributed by atoms with Crippen molar-refractivity contribution in [2.45, 2.75) is 26.7 Å². The van der Waals surface area contributed by atoms with Gasteiger partial charge < -0.3 is 11.5 Å². The van der Waals surface area contributed by atoms with Gasteiger partial charge in [-0.2, -0.15) is 0 Å². The Balaban J connectivity index is 3.22. The topological polar surface area (TPSA) is 52.0 Å². The van der Waals surface area contributed by atoms with Crippen LogP contribution in [0.5, 0.6) is 0 Å². The number of hydrogen-bond donors (Lipinski definition) is 2. The normalized spacial score (nSPS) is 10.2. The number of nitrogen functional groups attached to an aromatic ring is 2. The number of anilines is 2. The summed E-state index contributed by atoms with van der Waals surface area (Å²) >= 11 is 0. The highest BCUT2D eigenvalue weighted by Gasteiger charge is 2.03. The molecule has 0 spiro atoms. The van der Waals surface area contributed by atoms with Crippen molar-refractivity contribution in [3.05, 3.63) is 23.3 Å². The molecule has 0 aromatic heterocycles. The minimum absolute atomic E-state index is 0.818. The lowest BCUT2D eigenvalue weighted by Crippen LogP contribution is -2.00. The van der Waals surface area contributed by atoms with Gasteiger partial charge in [-0.05, 0) is 36.1 Å². The van der Waals surface area contributed by atoms with Crippen molar-refractivity contribution >= 4 is 11.4 Å². The van der Waals surface area contributed by atoms with Crippen molar-refractivity contribution < 1.29 is 0 Å². The molecule has 0 aliphatic rings. The van der Waals surface area contributed by atoms with E-state index in [0.29, 0.717) is 0 Å². The smallest absolute Gasteiger partial charge is 0.0380 e. The van der Waals surface area contributed by atoms with E-state index in [-0.39, 0.29) is 0 Å². The minimum Gasteiger partial charge on any atom is -0.399 e. The summed E-state index contributed by atoms with van der Waals surface area (Å²) in [7, 11) is 0. The highest BCUT2D eigenvalue weighted by molar-refractivity contribution is 5.61. The average molecular weight is 164 g/mol. The third kappa shape index (κ3) is 1.52. The molecular formula is C10H16N2. The van der Waals surface area contributed by atoms with Gasteiger partial charge in [0.2, 0.25) is 0 Å². The molecule has 1 rings (SSSR count). The first-order valence-electron chi connectivity index (χ1n) is 4.35. The molecule has 0 atom stereocenters. The molecule has 0 aliphatic heterocycles. The minimum atomic E-state index is 0.818. The number of hydrogen-bond acceptors (Lipinski definition) is 2. The Morgan fingerprint density at radius 3 is 1.75 bits per heavy atom. The van der Waals surface area contributed by atoms with Crippen LogP contribution in [0.25, 0.3) is 0 Å². The molecule has 1 aromatic carbocycles. The van der Waals surface area contributed by atoms with Gasteiger partial charge in [0.1, 0.15) is 0 Å². The summed E-state index contributed by atoms with van der Waals surface area (Å²) in [5.74, 6) is 0. The Labute approximate surface area is 73.6 Å². The Kier molecular flexibility index (Phi) is 2.58. The van der Waals surface area contributed by atoms with Crippen molar-refractivity contribution in [1.29, 1.82) is 0 Å². The van der Waals surface area contributed by atoms with E-state index in [1.54, 1.807) is 0 Å². The summed E-state index contributed by atoms with van der Waals surface area (Å²) < 4.78 is 0. The second-order valence-electron chi connectivity index (χ2n) is 2.96. The quantitative estimate of drug-likeness (QED) is 0.657. The van der Waals surface area contributed by atoms with Gasteiger partial charge in [0.25, 0.3) is 0 Å². The molecule has 0 unspecified atom stereocenters. The Morgan fingerprint density at radius 1 is 1.00 bits per heavy atom. The van der Waals surface area contributed by atoms with Crippen LogP contribution < -0.4 is 11.5 Å². The first-order valence-corrected chi connectivity index (χ1v) is 4.35. The van der Waals surface area contributed by atoms with Gasteiger partial charge in [-0.1, -0.05) is 13.8 Å². The molecule has 0 aliphatic carbocycles. The van der Waals surface area contributed by atoms with Crippen LogP contribution in [0.2, 0.25) is 0 Å². The molecule has 12 heavy (non-hydrogen) atoms. The molecule has 0 saturated heterocycles. The molecule has 0 fully saturated rings. The second kappa shape index (κ2) is 3.48. The highest BCUT2D eigenvalue weighted by atomic mass is 14.6. The largest absolute Gasteiger partial charge is 0.399 e. The first-order chi connectivity index (χ1) is 5.69. The number of rotatable bonds is 2. The van der Waals surface area contributed by atoms with Gasteiger partial charge in [-0.15, -0.1) is 0 Å². The van der Waals surface area contributed by atoms with Crippen molar-refractivity contribution in [2.75, 3.05) is 11.5 Å². The zero-order chi connectivity index (χ0) is 9.14. The van der Waals surface area contributed by atoms with Crippen LogP contribution in [-0.2, 0) is 12.8 Å². The highest BCUT2D eigenvalue weighted by Crippen LogP contribution is 2.22. The van der Waals surface area contributed by atoms with E-state index >= 15 is 0 Å². The monoisotopic (exact) mass is 164 g/mol. The molecule has 0 amide bonds. The van der Waals surface area contributed by atoms with Crippen LogP contribution in [0.3, 0.4) is 0 Å². The van der Waals surface area contributed by atoms with E-state index in [2.05, 4.69) is 13.8 Å². The predicted octanol–water partition coefficient (Wildman–Crippen LogP) is 1.98. The van der Waals surface area contributed by atoms with Crippen molar-refractivity contribution in [2.24, 2.45) is 0 Å². The molecule has 0 radical (unpaired) electrons. The average Bonchev–Trinajstić information content (AvgIpc) is 2.08. The van der Waals surface area contributed by atoms with Gasteiger partial charge in [0.15, 0.2) is 0 Å². The maximum atomic E-state index is 5.92. The Morgan fingerprint density at radius 2 is 1.42 bits per heavy atom. The third-order valence-corrected chi connectivity index (χ3v) is 2.14. The Hall–Kier alpha value is -1.18. The van der Waals surface area contributed by atoms with E-state index in [1.165, 1.54) is 0 Å². The van der Waals surface area contributed by atoms with Crippen LogP contribution in [0.1, 0.15) is 25.0 Å². The molecule has 4 N–H and O–H groups in total. The molecule has 0 saturated carbocycles. The zero-order valence-electron chi connectivity index (χ0n) is 7.72. The molecule has 2 nitrogen and oxygen atoms in total. The molecule has 66 valence electrons. The maximum Gasteiger partial charge on any atom is 0.0380 e. The predicted molar refractivity (Wildman–Crippen MR) is 54.0 cm³/mol. The van der Waals surface area contributed by atoms with Crippen LogP contribution >= 0.6 is 0 Å². The first kappa shape index (κ1) is 8.91. The standard InChI is InChI=1S/C10H16N2/c1-3-7-5-9(11)6-8(4-2)10(7)12/h5-6H,3-4,11-12H2,1-2H3. The lowest BCUT2D eigenvalue weighted by Gasteiger charge is -2.09. The van der Waals surface area contributed by atoms with Gasteiger partial charge in [-0.25, -0.2) is 0 Å². The molecular weight excluding hydrogens is 148 g/mol.